The number of amides is 2. The first-order chi connectivity index (χ1) is 14.2. The van der Waals surface area contributed by atoms with Crippen LogP contribution in [0.25, 0.3) is 0 Å². The smallest absolute Gasteiger partial charge is 0.257 e. The molecule has 0 bridgehead atoms. The molecular formula is C24H30N2O3. The molecule has 1 aliphatic heterocycles. The Bertz CT molecular complexity index is 789. The zero-order valence-electron chi connectivity index (χ0n) is 16.9. The van der Waals surface area contributed by atoms with Gasteiger partial charge in [0.15, 0.2) is 0 Å². The monoisotopic (exact) mass is 394 g/mol. The molecule has 1 saturated heterocycles. The van der Waals surface area contributed by atoms with Crippen LogP contribution in [0.15, 0.2) is 53.3 Å². The fourth-order valence-corrected chi connectivity index (χ4v) is 4.79. The molecule has 0 radical (unpaired) electrons. The van der Waals surface area contributed by atoms with Gasteiger partial charge < -0.3 is 14.6 Å². The summed E-state index contributed by atoms with van der Waals surface area (Å²) in [6, 6.07) is 12.2. The van der Waals surface area contributed by atoms with Crippen LogP contribution >= 0.6 is 0 Å². The summed E-state index contributed by atoms with van der Waals surface area (Å²) in [7, 11) is 0. The molecule has 1 atom stereocenters. The molecule has 1 aromatic carbocycles. The molecule has 29 heavy (non-hydrogen) atoms. The maximum Gasteiger partial charge on any atom is 0.257 e. The van der Waals surface area contributed by atoms with E-state index in [2.05, 4.69) is 29.6 Å². The minimum Gasteiger partial charge on any atom is -0.472 e. The molecule has 5 heteroatoms. The average molecular weight is 395 g/mol. The number of nitrogens with one attached hydrogen (secondary N) is 1. The van der Waals surface area contributed by atoms with Crippen molar-refractivity contribution in [3.8, 4) is 0 Å². The molecule has 1 aliphatic carbocycles. The van der Waals surface area contributed by atoms with Gasteiger partial charge in [-0.2, -0.15) is 0 Å². The van der Waals surface area contributed by atoms with E-state index in [1.54, 1.807) is 6.07 Å². The number of benzene rings is 1. The lowest BCUT2D eigenvalue weighted by molar-refractivity contribution is -0.127. The molecule has 0 unspecified atom stereocenters. The molecule has 0 spiro atoms. The summed E-state index contributed by atoms with van der Waals surface area (Å²) in [5.41, 5.74) is 1.79. The first-order valence-corrected chi connectivity index (χ1v) is 10.9. The van der Waals surface area contributed by atoms with Gasteiger partial charge in [0.2, 0.25) is 5.91 Å². The molecule has 4 rings (SSSR count). The molecule has 1 saturated carbocycles. The van der Waals surface area contributed by atoms with Gasteiger partial charge in [-0.15, -0.1) is 0 Å². The molecular weight excluding hydrogens is 364 g/mol. The second kappa shape index (κ2) is 9.29. The van der Waals surface area contributed by atoms with Crippen molar-refractivity contribution in [1.29, 1.82) is 0 Å². The van der Waals surface area contributed by atoms with E-state index in [1.807, 2.05) is 11.0 Å². The third-order valence-electron chi connectivity index (χ3n) is 6.50. The zero-order chi connectivity index (χ0) is 20.1. The largest absolute Gasteiger partial charge is 0.472 e. The Hall–Kier alpha value is -2.56. The topological polar surface area (TPSA) is 62.6 Å². The highest BCUT2D eigenvalue weighted by Crippen LogP contribution is 2.35. The molecule has 1 aromatic heterocycles. The third kappa shape index (κ3) is 4.72. The molecule has 2 heterocycles. The van der Waals surface area contributed by atoms with Gasteiger partial charge in [0.25, 0.3) is 5.91 Å². The van der Waals surface area contributed by atoms with Crippen LogP contribution in [0, 0.1) is 11.8 Å². The maximum absolute atomic E-state index is 13.1. The van der Waals surface area contributed by atoms with Crippen molar-refractivity contribution in [3.05, 3.63) is 60.1 Å². The standard InChI is InChI=1S/C24H30N2O3/c27-23(20-11-14-26(15-12-20)24(28)21-13-16-29-17-21)25-22(18-7-3-1-4-8-18)19-9-5-2-6-10-19/h1,3-4,7-8,13,16-17,19-20,22H,2,5-6,9-12,14-15H2,(H,25,27)/t22-/m1/s1. The summed E-state index contributed by atoms with van der Waals surface area (Å²) in [5, 5.41) is 3.39. The highest BCUT2D eigenvalue weighted by molar-refractivity contribution is 5.94. The van der Waals surface area contributed by atoms with E-state index in [0.29, 0.717) is 37.4 Å². The molecule has 1 N–H and O–H groups in total. The lowest BCUT2D eigenvalue weighted by Gasteiger charge is -2.35. The van der Waals surface area contributed by atoms with Gasteiger partial charge in [0.05, 0.1) is 17.9 Å². The number of rotatable bonds is 5. The average Bonchev–Trinajstić information content (AvgIpc) is 3.33. The van der Waals surface area contributed by atoms with E-state index in [1.165, 1.54) is 50.2 Å². The Labute approximate surface area is 172 Å². The van der Waals surface area contributed by atoms with Crippen molar-refractivity contribution in [2.45, 2.75) is 51.0 Å². The number of furan rings is 1. The van der Waals surface area contributed by atoms with Gasteiger partial charge in [-0.1, -0.05) is 49.6 Å². The summed E-state index contributed by atoms with van der Waals surface area (Å²) < 4.78 is 5.02. The molecule has 2 aromatic rings. The number of nitrogens with zero attached hydrogens (tertiary/aromatic N) is 1. The Balaban J connectivity index is 1.37. The molecule has 2 amide bonds. The van der Waals surface area contributed by atoms with Crippen LogP contribution in [-0.2, 0) is 4.79 Å². The van der Waals surface area contributed by atoms with E-state index in [-0.39, 0.29) is 23.8 Å². The van der Waals surface area contributed by atoms with Gasteiger partial charge >= 0.3 is 0 Å². The van der Waals surface area contributed by atoms with Gasteiger partial charge in [0, 0.05) is 19.0 Å². The summed E-state index contributed by atoms with van der Waals surface area (Å²) in [5.74, 6) is 0.609. The van der Waals surface area contributed by atoms with Crippen LogP contribution in [0.2, 0.25) is 0 Å². The summed E-state index contributed by atoms with van der Waals surface area (Å²) in [6.07, 6.45) is 10.6. The summed E-state index contributed by atoms with van der Waals surface area (Å²) >= 11 is 0. The first-order valence-electron chi connectivity index (χ1n) is 10.9. The highest BCUT2D eigenvalue weighted by atomic mass is 16.3. The zero-order valence-corrected chi connectivity index (χ0v) is 16.9. The van der Waals surface area contributed by atoms with Gasteiger partial charge in [-0.25, -0.2) is 0 Å². The summed E-state index contributed by atoms with van der Waals surface area (Å²) in [6.45, 7) is 1.23. The number of hydrogen-bond donors (Lipinski definition) is 1. The van der Waals surface area contributed by atoms with Crippen molar-refractivity contribution in [2.75, 3.05) is 13.1 Å². The fourth-order valence-electron chi connectivity index (χ4n) is 4.79. The van der Waals surface area contributed by atoms with E-state index in [9.17, 15) is 9.59 Å². The molecule has 154 valence electrons. The lowest BCUT2D eigenvalue weighted by atomic mass is 9.80. The Morgan fingerprint density at radius 3 is 2.34 bits per heavy atom. The van der Waals surface area contributed by atoms with Crippen LogP contribution in [0.3, 0.4) is 0 Å². The number of carbonyl (C=O) groups is 2. The van der Waals surface area contributed by atoms with Gasteiger partial charge in [-0.3, -0.25) is 9.59 Å². The van der Waals surface area contributed by atoms with Crippen LogP contribution < -0.4 is 5.32 Å². The maximum atomic E-state index is 13.1. The van der Waals surface area contributed by atoms with E-state index in [4.69, 9.17) is 4.42 Å². The second-order valence-electron chi connectivity index (χ2n) is 8.37. The minimum absolute atomic E-state index is 0.0121. The van der Waals surface area contributed by atoms with E-state index in [0.717, 1.165) is 0 Å². The SMILES string of the molecule is O=C(N[C@H](c1ccccc1)C1CCCCC1)C1CCN(C(=O)c2ccoc2)CC1. The van der Waals surface area contributed by atoms with E-state index >= 15 is 0 Å². The second-order valence-corrected chi connectivity index (χ2v) is 8.37. The predicted molar refractivity (Wildman–Crippen MR) is 111 cm³/mol. The molecule has 2 aliphatic rings. The van der Waals surface area contributed by atoms with Crippen LogP contribution in [0.5, 0.6) is 0 Å². The molecule has 5 nitrogen and oxygen atoms in total. The number of carbonyl (C=O) groups excluding carboxylic acids is 2. The Kier molecular flexibility index (Phi) is 6.33. The lowest BCUT2D eigenvalue weighted by Crippen LogP contribution is -2.44. The predicted octanol–water partition coefficient (Wildman–Crippen LogP) is 4.57. The number of piperidine rings is 1. The van der Waals surface area contributed by atoms with Crippen LogP contribution in [0.4, 0.5) is 0 Å². The van der Waals surface area contributed by atoms with E-state index < -0.39 is 0 Å². The van der Waals surface area contributed by atoms with Crippen molar-refractivity contribution in [2.24, 2.45) is 11.8 Å². The Morgan fingerprint density at radius 2 is 1.69 bits per heavy atom. The third-order valence-corrected chi connectivity index (χ3v) is 6.50. The van der Waals surface area contributed by atoms with Crippen molar-refractivity contribution >= 4 is 11.8 Å². The van der Waals surface area contributed by atoms with Crippen molar-refractivity contribution in [3.63, 3.8) is 0 Å². The van der Waals surface area contributed by atoms with Crippen molar-refractivity contribution in [1.82, 2.24) is 10.2 Å². The number of likely N-dealkylation sites (tertiary alicyclic amines) is 1. The minimum atomic E-state index is -0.0294. The Morgan fingerprint density at radius 1 is 0.966 bits per heavy atom. The summed E-state index contributed by atoms with van der Waals surface area (Å²) in [4.78, 5) is 27.4. The van der Waals surface area contributed by atoms with Crippen molar-refractivity contribution < 1.29 is 14.0 Å². The number of hydrogen-bond acceptors (Lipinski definition) is 3. The highest BCUT2D eigenvalue weighted by Gasteiger charge is 2.32. The van der Waals surface area contributed by atoms with Crippen LogP contribution in [-0.4, -0.2) is 29.8 Å². The first kappa shape index (κ1) is 19.7. The van der Waals surface area contributed by atoms with Gasteiger partial charge in [0.1, 0.15) is 6.26 Å². The molecule has 2 fully saturated rings. The quantitative estimate of drug-likeness (QED) is 0.808. The normalized spacial score (nSPS) is 19.7. The fraction of sp³-hybridized carbons (Fsp3) is 0.500. The van der Waals surface area contributed by atoms with Crippen LogP contribution in [0.1, 0.15) is 66.9 Å². The van der Waals surface area contributed by atoms with Gasteiger partial charge in [-0.05, 0) is 43.2 Å².